The summed E-state index contributed by atoms with van der Waals surface area (Å²) in [5, 5.41) is 41.9. The highest BCUT2D eigenvalue weighted by Gasteiger charge is 2.12. The first-order valence-corrected chi connectivity index (χ1v) is 5.13. The number of rotatable bonds is 4. The number of hydrogen-bond acceptors (Lipinski definition) is 6. The number of aliphatic hydroxyl groups is 2. The highest BCUT2D eigenvalue weighted by molar-refractivity contribution is 5.73. The zero-order valence-corrected chi connectivity index (χ0v) is 9.65. The first-order chi connectivity index (χ1) is 8.42. The van der Waals surface area contributed by atoms with E-state index < -0.39 is 12.0 Å². The molecular formula is C11H17NO6. The summed E-state index contributed by atoms with van der Waals surface area (Å²) in [5.74, 6) is -1.62. The molecule has 0 aromatic heterocycles. The number of phenolic OH excluding ortho intramolecular Hbond substituents is 2. The largest absolute Gasteiger partial charge is 0.504 e. The normalized spacial score (nSPS) is 11.3. The number of aromatic hydroxyl groups is 2. The minimum atomic E-state index is -1.10. The van der Waals surface area contributed by atoms with Gasteiger partial charge in [0.15, 0.2) is 11.5 Å². The monoisotopic (exact) mass is 259 g/mol. The molecule has 1 aromatic rings. The van der Waals surface area contributed by atoms with Gasteiger partial charge in [0.25, 0.3) is 0 Å². The molecule has 0 aliphatic heterocycles. The number of nitrogens with two attached hydrogens (primary N) is 1. The summed E-state index contributed by atoms with van der Waals surface area (Å²) in [7, 11) is 0. The van der Waals surface area contributed by atoms with Crippen molar-refractivity contribution in [3.63, 3.8) is 0 Å². The van der Waals surface area contributed by atoms with E-state index in [4.69, 9.17) is 31.3 Å². The first kappa shape index (κ1) is 16.2. The highest BCUT2D eigenvalue weighted by atomic mass is 16.4. The van der Waals surface area contributed by atoms with Crippen LogP contribution in [0.15, 0.2) is 18.2 Å². The molecule has 7 heteroatoms. The third-order valence-corrected chi connectivity index (χ3v) is 1.91. The van der Waals surface area contributed by atoms with Crippen molar-refractivity contribution in [2.75, 3.05) is 13.2 Å². The van der Waals surface area contributed by atoms with Crippen LogP contribution < -0.4 is 5.73 Å². The fourth-order valence-corrected chi connectivity index (χ4v) is 1.04. The number of hydrogen-bond donors (Lipinski definition) is 6. The van der Waals surface area contributed by atoms with Gasteiger partial charge in [-0.2, -0.15) is 0 Å². The van der Waals surface area contributed by atoms with Crippen molar-refractivity contribution in [2.24, 2.45) is 5.73 Å². The second-order valence-electron chi connectivity index (χ2n) is 3.42. The van der Waals surface area contributed by atoms with E-state index in [0.717, 1.165) is 0 Å². The topological polar surface area (TPSA) is 144 Å². The van der Waals surface area contributed by atoms with E-state index in [0.29, 0.717) is 5.56 Å². The van der Waals surface area contributed by atoms with Crippen LogP contribution in [0.1, 0.15) is 5.56 Å². The second kappa shape index (κ2) is 8.29. The molecule has 0 fully saturated rings. The minimum Gasteiger partial charge on any atom is -0.504 e. The van der Waals surface area contributed by atoms with Gasteiger partial charge < -0.3 is 31.3 Å². The van der Waals surface area contributed by atoms with E-state index in [-0.39, 0.29) is 31.1 Å². The number of carboxylic acids is 1. The third-order valence-electron chi connectivity index (χ3n) is 1.91. The van der Waals surface area contributed by atoms with Gasteiger partial charge in [-0.05, 0) is 24.1 Å². The number of carbonyl (C=O) groups is 1. The summed E-state index contributed by atoms with van der Waals surface area (Å²) in [4.78, 5) is 10.4. The average Bonchev–Trinajstić information content (AvgIpc) is 2.34. The molecule has 1 rings (SSSR count). The summed E-state index contributed by atoms with van der Waals surface area (Å²) in [6.07, 6.45) is 0.114. The molecule has 18 heavy (non-hydrogen) atoms. The Kier molecular flexibility index (Phi) is 7.45. The molecule has 7 nitrogen and oxygen atoms in total. The van der Waals surface area contributed by atoms with Crippen molar-refractivity contribution >= 4 is 5.97 Å². The van der Waals surface area contributed by atoms with E-state index in [2.05, 4.69) is 0 Å². The molecule has 0 spiro atoms. The van der Waals surface area contributed by atoms with Gasteiger partial charge >= 0.3 is 5.97 Å². The van der Waals surface area contributed by atoms with Gasteiger partial charge in [0.1, 0.15) is 6.04 Å². The Balaban J connectivity index is 0.000000631. The SMILES string of the molecule is NC(Cc1ccc(O)c(O)c1)C(=O)O.OCCO. The number of phenols is 2. The standard InChI is InChI=1S/C9H11NO4.C2H6O2/c10-6(9(13)14)3-5-1-2-7(11)8(12)4-5;3-1-2-4/h1-2,4,6,11-12H,3,10H2,(H,13,14);3-4H,1-2H2. The second-order valence-corrected chi connectivity index (χ2v) is 3.42. The van der Waals surface area contributed by atoms with E-state index in [9.17, 15) is 4.79 Å². The lowest BCUT2D eigenvalue weighted by Gasteiger charge is -2.06. The maximum Gasteiger partial charge on any atom is 0.320 e. The Morgan fingerprint density at radius 3 is 2.11 bits per heavy atom. The van der Waals surface area contributed by atoms with Crippen LogP contribution in [0, 0.1) is 0 Å². The van der Waals surface area contributed by atoms with Crippen LogP contribution in [-0.2, 0) is 11.2 Å². The quantitative estimate of drug-likeness (QED) is 0.381. The Bertz CT molecular complexity index is 380. The summed E-state index contributed by atoms with van der Waals surface area (Å²) in [6.45, 7) is -0.250. The smallest absolute Gasteiger partial charge is 0.320 e. The molecule has 0 heterocycles. The fraction of sp³-hybridized carbons (Fsp3) is 0.364. The number of benzene rings is 1. The van der Waals surface area contributed by atoms with Crippen LogP contribution in [0.5, 0.6) is 11.5 Å². The molecule has 1 atom stereocenters. The molecule has 7 N–H and O–H groups in total. The van der Waals surface area contributed by atoms with Gasteiger partial charge in [0.2, 0.25) is 0 Å². The molecule has 0 saturated heterocycles. The molecule has 1 aromatic carbocycles. The molecule has 0 saturated carbocycles. The van der Waals surface area contributed by atoms with Crippen LogP contribution in [-0.4, -0.2) is 50.8 Å². The van der Waals surface area contributed by atoms with Crippen LogP contribution in [0.3, 0.4) is 0 Å². The van der Waals surface area contributed by atoms with Gasteiger partial charge in [-0.3, -0.25) is 4.79 Å². The van der Waals surface area contributed by atoms with E-state index in [1.807, 2.05) is 0 Å². The van der Waals surface area contributed by atoms with E-state index >= 15 is 0 Å². The Morgan fingerprint density at radius 2 is 1.72 bits per heavy atom. The zero-order chi connectivity index (χ0) is 14.1. The zero-order valence-electron chi connectivity index (χ0n) is 9.65. The molecule has 102 valence electrons. The van der Waals surface area contributed by atoms with Gasteiger partial charge in [-0.25, -0.2) is 0 Å². The Morgan fingerprint density at radius 1 is 1.17 bits per heavy atom. The molecule has 0 radical (unpaired) electrons. The van der Waals surface area contributed by atoms with Crippen molar-refractivity contribution in [1.29, 1.82) is 0 Å². The molecule has 0 aliphatic carbocycles. The maximum atomic E-state index is 10.4. The molecule has 0 aliphatic rings. The van der Waals surface area contributed by atoms with Crippen LogP contribution in [0.2, 0.25) is 0 Å². The van der Waals surface area contributed by atoms with Gasteiger partial charge in [-0.15, -0.1) is 0 Å². The van der Waals surface area contributed by atoms with Gasteiger partial charge in [0.05, 0.1) is 13.2 Å². The van der Waals surface area contributed by atoms with E-state index in [1.54, 1.807) is 0 Å². The number of aliphatic hydroxyl groups excluding tert-OH is 2. The summed E-state index contributed by atoms with van der Waals surface area (Å²) in [5.41, 5.74) is 5.86. The fourth-order valence-electron chi connectivity index (χ4n) is 1.04. The molecule has 0 amide bonds. The van der Waals surface area contributed by atoms with Crippen LogP contribution in [0.4, 0.5) is 0 Å². The molecular weight excluding hydrogens is 242 g/mol. The summed E-state index contributed by atoms with van der Waals surface area (Å²) < 4.78 is 0. The number of aliphatic carboxylic acids is 1. The average molecular weight is 259 g/mol. The van der Waals surface area contributed by atoms with Crippen molar-refractivity contribution in [2.45, 2.75) is 12.5 Å². The van der Waals surface area contributed by atoms with Crippen molar-refractivity contribution < 1.29 is 30.3 Å². The van der Waals surface area contributed by atoms with Crippen molar-refractivity contribution in [1.82, 2.24) is 0 Å². The van der Waals surface area contributed by atoms with Gasteiger partial charge in [-0.1, -0.05) is 6.07 Å². The van der Waals surface area contributed by atoms with Gasteiger partial charge in [0, 0.05) is 0 Å². The Labute approximate surface area is 104 Å². The molecule has 0 bridgehead atoms. The predicted octanol–water partition coefficient (Wildman–Crippen LogP) is -0.977. The van der Waals surface area contributed by atoms with Crippen LogP contribution in [0.25, 0.3) is 0 Å². The summed E-state index contributed by atoms with van der Waals surface area (Å²) in [6, 6.07) is 3.09. The lowest BCUT2D eigenvalue weighted by atomic mass is 10.1. The summed E-state index contributed by atoms with van der Waals surface area (Å²) >= 11 is 0. The predicted molar refractivity (Wildman–Crippen MR) is 63.3 cm³/mol. The molecule has 1 unspecified atom stereocenters. The highest BCUT2D eigenvalue weighted by Crippen LogP contribution is 2.25. The van der Waals surface area contributed by atoms with Crippen LogP contribution >= 0.6 is 0 Å². The van der Waals surface area contributed by atoms with E-state index in [1.165, 1.54) is 18.2 Å². The lowest BCUT2D eigenvalue weighted by Crippen LogP contribution is -2.32. The first-order valence-electron chi connectivity index (χ1n) is 5.13. The maximum absolute atomic E-state index is 10.4. The third kappa shape index (κ3) is 6.04. The van der Waals surface area contributed by atoms with Crippen molar-refractivity contribution in [3.8, 4) is 11.5 Å². The minimum absolute atomic E-state index is 0.114. The Hall–Kier alpha value is -1.83. The lowest BCUT2D eigenvalue weighted by molar-refractivity contribution is -0.138. The number of carboxylic acid groups (broad SMARTS) is 1. The van der Waals surface area contributed by atoms with Crippen molar-refractivity contribution in [3.05, 3.63) is 23.8 Å².